The van der Waals surface area contributed by atoms with Crippen LogP contribution in [0.3, 0.4) is 0 Å². The molecule has 2 atom stereocenters. The van der Waals surface area contributed by atoms with Gasteiger partial charge in [-0.25, -0.2) is 0 Å². The molecule has 1 aromatic carbocycles. The molecular formula is C17H27N. The highest BCUT2D eigenvalue weighted by Crippen LogP contribution is 2.28. The first-order chi connectivity index (χ1) is 8.45. The van der Waals surface area contributed by atoms with E-state index in [0.717, 1.165) is 5.92 Å². The second kappa shape index (κ2) is 5.44. The lowest BCUT2D eigenvalue weighted by Crippen LogP contribution is -2.28. The molecule has 0 spiro atoms. The van der Waals surface area contributed by atoms with Crippen molar-refractivity contribution in [3.63, 3.8) is 0 Å². The summed E-state index contributed by atoms with van der Waals surface area (Å²) in [5, 5.41) is 0. The van der Waals surface area contributed by atoms with Crippen molar-refractivity contribution in [3.05, 3.63) is 35.4 Å². The van der Waals surface area contributed by atoms with Crippen molar-refractivity contribution in [2.75, 3.05) is 0 Å². The summed E-state index contributed by atoms with van der Waals surface area (Å²) in [5.41, 5.74) is 9.21. The second-order valence-electron chi connectivity index (χ2n) is 6.94. The Labute approximate surface area is 112 Å². The summed E-state index contributed by atoms with van der Waals surface area (Å²) in [6.45, 7) is 6.80. The average Bonchev–Trinajstić information content (AvgIpc) is 2.28. The molecule has 1 aromatic rings. The molecule has 0 amide bonds. The van der Waals surface area contributed by atoms with Crippen molar-refractivity contribution in [2.45, 2.75) is 64.3 Å². The van der Waals surface area contributed by atoms with Crippen molar-refractivity contribution in [2.24, 2.45) is 11.7 Å². The first-order valence-electron chi connectivity index (χ1n) is 7.30. The Morgan fingerprint density at radius 3 is 2.33 bits per heavy atom. The zero-order valence-corrected chi connectivity index (χ0v) is 12.1. The van der Waals surface area contributed by atoms with E-state index in [9.17, 15) is 0 Å². The average molecular weight is 245 g/mol. The Morgan fingerprint density at radius 2 is 1.78 bits per heavy atom. The first kappa shape index (κ1) is 13.6. The fraction of sp³-hybridized carbons (Fsp3) is 0.647. The van der Waals surface area contributed by atoms with Gasteiger partial charge < -0.3 is 5.73 Å². The highest BCUT2D eigenvalue weighted by molar-refractivity contribution is 5.27. The molecule has 2 rings (SSSR count). The van der Waals surface area contributed by atoms with Gasteiger partial charge in [0.1, 0.15) is 0 Å². The summed E-state index contributed by atoms with van der Waals surface area (Å²) in [4.78, 5) is 0. The first-order valence-corrected chi connectivity index (χ1v) is 7.30. The molecule has 0 heterocycles. The van der Waals surface area contributed by atoms with Crippen LogP contribution in [0.2, 0.25) is 0 Å². The molecule has 2 unspecified atom stereocenters. The molecule has 1 saturated carbocycles. The minimum atomic E-state index is 0.256. The third kappa shape index (κ3) is 3.58. The fourth-order valence-corrected chi connectivity index (χ4v) is 2.99. The SMILES string of the molecule is CC(C)(C)c1ccc(CC2CCCC(N)C2)cc1. The maximum Gasteiger partial charge on any atom is 0.00415 e. The number of nitrogens with two attached hydrogens (primary N) is 1. The Balaban J connectivity index is 1.98. The molecule has 0 aliphatic heterocycles. The minimum Gasteiger partial charge on any atom is -0.328 e. The lowest BCUT2D eigenvalue weighted by atomic mass is 9.81. The van der Waals surface area contributed by atoms with E-state index in [1.54, 1.807) is 0 Å². The van der Waals surface area contributed by atoms with Gasteiger partial charge in [-0.15, -0.1) is 0 Å². The third-order valence-corrected chi connectivity index (χ3v) is 4.17. The van der Waals surface area contributed by atoms with Gasteiger partial charge in [-0.05, 0) is 41.7 Å². The van der Waals surface area contributed by atoms with Crippen LogP contribution in [0.4, 0.5) is 0 Å². The predicted molar refractivity (Wildman–Crippen MR) is 78.8 cm³/mol. The van der Waals surface area contributed by atoms with Gasteiger partial charge in [0, 0.05) is 6.04 Å². The molecule has 0 bridgehead atoms. The molecule has 1 nitrogen and oxygen atoms in total. The molecule has 0 radical (unpaired) electrons. The minimum absolute atomic E-state index is 0.256. The largest absolute Gasteiger partial charge is 0.328 e. The number of rotatable bonds is 2. The number of benzene rings is 1. The van der Waals surface area contributed by atoms with E-state index in [1.165, 1.54) is 43.2 Å². The van der Waals surface area contributed by atoms with Gasteiger partial charge in [-0.3, -0.25) is 0 Å². The summed E-state index contributed by atoms with van der Waals surface area (Å²) in [6, 6.07) is 9.63. The van der Waals surface area contributed by atoms with Crippen LogP contribution in [0.5, 0.6) is 0 Å². The molecule has 100 valence electrons. The summed E-state index contributed by atoms with van der Waals surface area (Å²) in [5.74, 6) is 0.800. The van der Waals surface area contributed by atoms with Gasteiger partial charge in [-0.2, -0.15) is 0 Å². The van der Waals surface area contributed by atoms with E-state index in [2.05, 4.69) is 45.0 Å². The molecule has 18 heavy (non-hydrogen) atoms. The van der Waals surface area contributed by atoms with Crippen LogP contribution in [-0.2, 0) is 11.8 Å². The molecule has 0 aromatic heterocycles. The fourth-order valence-electron chi connectivity index (χ4n) is 2.99. The number of hydrogen-bond acceptors (Lipinski definition) is 1. The summed E-state index contributed by atoms with van der Waals surface area (Å²) in [6.07, 6.45) is 6.30. The van der Waals surface area contributed by atoms with Gasteiger partial charge in [0.2, 0.25) is 0 Å². The Bertz CT molecular complexity index is 372. The van der Waals surface area contributed by atoms with E-state index >= 15 is 0 Å². The van der Waals surface area contributed by atoms with Gasteiger partial charge in [0.05, 0.1) is 0 Å². The third-order valence-electron chi connectivity index (χ3n) is 4.17. The van der Waals surface area contributed by atoms with Gasteiger partial charge in [-0.1, -0.05) is 57.9 Å². The lowest BCUT2D eigenvalue weighted by Gasteiger charge is -2.27. The van der Waals surface area contributed by atoms with E-state index in [0.29, 0.717) is 6.04 Å². The van der Waals surface area contributed by atoms with E-state index < -0.39 is 0 Å². The molecule has 1 heteroatoms. The summed E-state index contributed by atoms with van der Waals surface area (Å²) in [7, 11) is 0. The van der Waals surface area contributed by atoms with Crippen molar-refractivity contribution < 1.29 is 0 Å². The number of hydrogen-bond donors (Lipinski definition) is 1. The zero-order chi connectivity index (χ0) is 13.2. The quantitative estimate of drug-likeness (QED) is 0.836. The molecule has 1 fully saturated rings. The molecule has 1 aliphatic carbocycles. The van der Waals surface area contributed by atoms with Crippen LogP contribution in [0.25, 0.3) is 0 Å². The van der Waals surface area contributed by atoms with Gasteiger partial charge >= 0.3 is 0 Å². The van der Waals surface area contributed by atoms with E-state index in [4.69, 9.17) is 5.73 Å². The van der Waals surface area contributed by atoms with Crippen LogP contribution < -0.4 is 5.73 Å². The van der Waals surface area contributed by atoms with Crippen LogP contribution in [0.15, 0.2) is 24.3 Å². The highest BCUT2D eigenvalue weighted by Gasteiger charge is 2.19. The maximum absolute atomic E-state index is 6.06. The van der Waals surface area contributed by atoms with Gasteiger partial charge in [0.15, 0.2) is 0 Å². The Kier molecular flexibility index (Phi) is 4.11. The molecule has 1 aliphatic rings. The standard InChI is InChI=1S/C17H27N/c1-17(2,3)15-9-7-13(8-10-15)11-14-5-4-6-16(18)12-14/h7-10,14,16H,4-6,11-12,18H2,1-3H3. The van der Waals surface area contributed by atoms with Crippen molar-refractivity contribution >= 4 is 0 Å². The van der Waals surface area contributed by atoms with Crippen LogP contribution in [-0.4, -0.2) is 6.04 Å². The molecule has 2 N–H and O–H groups in total. The van der Waals surface area contributed by atoms with Crippen LogP contribution in [0, 0.1) is 5.92 Å². The zero-order valence-electron chi connectivity index (χ0n) is 12.1. The maximum atomic E-state index is 6.06. The predicted octanol–water partition coefficient (Wildman–Crippen LogP) is 4.04. The summed E-state index contributed by atoms with van der Waals surface area (Å²) < 4.78 is 0. The summed E-state index contributed by atoms with van der Waals surface area (Å²) >= 11 is 0. The molecule has 0 saturated heterocycles. The second-order valence-corrected chi connectivity index (χ2v) is 6.94. The van der Waals surface area contributed by atoms with E-state index in [1.807, 2.05) is 0 Å². The lowest BCUT2D eigenvalue weighted by molar-refractivity contribution is 0.321. The van der Waals surface area contributed by atoms with Crippen LogP contribution >= 0.6 is 0 Å². The van der Waals surface area contributed by atoms with Crippen LogP contribution in [0.1, 0.15) is 57.6 Å². The van der Waals surface area contributed by atoms with E-state index in [-0.39, 0.29) is 5.41 Å². The van der Waals surface area contributed by atoms with Crippen molar-refractivity contribution in [3.8, 4) is 0 Å². The molecular weight excluding hydrogens is 218 g/mol. The van der Waals surface area contributed by atoms with Crippen molar-refractivity contribution in [1.29, 1.82) is 0 Å². The Morgan fingerprint density at radius 1 is 1.11 bits per heavy atom. The van der Waals surface area contributed by atoms with Gasteiger partial charge in [0.25, 0.3) is 0 Å². The highest BCUT2D eigenvalue weighted by atomic mass is 14.6. The smallest absolute Gasteiger partial charge is 0.00415 e. The topological polar surface area (TPSA) is 26.0 Å². The normalized spacial score (nSPS) is 25.1. The van der Waals surface area contributed by atoms with Crippen molar-refractivity contribution in [1.82, 2.24) is 0 Å². The Hall–Kier alpha value is -0.820. The monoisotopic (exact) mass is 245 g/mol.